The summed E-state index contributed by atoms with van der Waals surface area (Å²) in [5.41, 5.74) is 2.63. The second-order valence-electron chi connectivity index (χ2n) is 48.1. The lowest BCUT2D eigenvalue weighted by Crippen LogP contribution is -2.61. The van der Waals surface area contributed by atoms with Crippen LogP contribution in [0.2, 0.25) is 0 Å². The van der Waals surface area contributed by atoms with Gasteiger partial charge in [-0.05, 0) is 257 Å². The molecule has 2 aliphatic heterocycles. The summed E-state index contributed by atoms with van der Waals surface area (Å²) < 4.78 is 267. The van der Waals surface area contributed by atoms with Crippen molar-refractivity contribution in [3.63, 3.8) is 0 Å². The van der Waals surface area contributed by atoms with E-state index in [0.29, 0.717) is 50.1 Å². The molecular formula is C130H138BN5. The van der Waals surface area contributed by atoms with Crippen LogP contribution in [0.5, 0.6) is 0 Å². The SMILES string of the molecule is [2H]c1c([2H])c(C(C)(C)C)c([2H])c([2H])c1-c1c([2H])c(C(C)(C)C)c([2H])c(-c2c([2H])c(C(C)(C)C)c([2H])c([2H])c2C(C)(C)C)c1N1c2cc(-n3c4ccc(C(C)(C)C)cc4c4cc(C(C)(C)C)ccc43)ccc2B2c3ccc(-n4c5c([2H])c([2H])c([2H])c([2H])c5c5c([2H])c([2H])c([2H])c([2H])c54)cc3N(c3c(-c4cc(C(C)(C)C)cc(C(C)(C)C)c4)cc(C(C)(C)C)cc3-c3ccccc3C(C)(C)C)c3cc(-n4c5c([2H])c([2H])c([2H])c([2H])c5c5c([2H])c([2H])c([2H])c([2H])c54)cc1c32. The smallest absolute Gasteiger partial charge is 0.252 e. The molecule has 0 unspecified atom stereocenters. The molecule has 0 amide bonds. The highest BCUT2D eigenvalue weighted by Gasteiger charge is 2.48. The third-order valence-electron chi connectivity index (χ3n) is 27.7. The number of aromatic nitrogens is 3. The van der Waals surface area contributed by atoms with Gasteiger partial charge < -0.3 is 23.5 Å². The van der Waals surface area contributed by atoms with E-state index >= 15 is 0 Å². The van der Waals surface area contributed by atoms with Gasteiger partial charge in [0, 0.05) is 88.7 Å². The van der Waals surface area contributed by atoms with Crippen molar-refractivity contribution in [3.05, 3.63) is 346 Å². The van der Waals surface area contributed by atoms with Crippen molar-refractivity contribution in [2.24, 2.45) is 0 Å². The molecule has 15 aromatic carbocycles. The maximum atomic E-state index is 12.1. The number of fused-ring (bicyclic) bond motifs is 13. The zero-order valence-corrected chi connectivity index (χ0v) is 84.6. The highest BCUT2D eigenvalue weighted by molar-refractivity contribution is 7.00. The lowest BCUT2D eigenvalue weighted by atomic mass is 9.33. The quantitative estimate of drug-likeness (QED) is 0.134. The van der Waals surface area contributed by atoms with Crippen molar-refractivity contribution in [2.45, 2.75) is 262 Å². The van der Waals surface area contributed by atoms with Crippen LogP contribution >= 0.6 is 0 Å². The van der Waals surface area contributed by atoms with E-state index in [1.54, 1.807) is 32.9 Å². The van der Waals surface area contributed by atoms with Crippen LogP contribution in [-0.2, 0) is 54.1 Å². The fourth-order valence-corrected chi connectivity index (χ4v) is 20.0. The lowest BCUT2D eigenvalue weighted by Gasteiger charge is -2.46. The molecule has 18 aromatic rings. The largest absolute Gasteiger partial charge is 0.310 e. The molecule has 0 saturated carbocycles. The average molecular weight is 1810 g/mol. The van der Waals surface area contributed by atoms with Gasteiger partial charge in [0.25, 0.3) is 6.71 Å². The van der Waals surface area contributed by atoms with Crippen LogP contribution in [-0.4, -0.2) is 20.4 Å². The molecule has 20 rings (SSSR count). The van der Waals surface area contributed by atoms with Crippen LogP contribution in [0.1, 0.15) is 298 Å². The van der Waals surface area contributed by atoms with Gasteiger partial charge in [0.2, 0.25) is 0 Å². The number of nitrogens with zero attached hydrogens (tertiary/aromatic N) is 5. The second-order valence-corrected chi connectivity index (χ2v) is 48.1. The number of anilines is 6. The van der Waals surface area contributed by atoms with Gasteiger partial charge in [-0.2, -0.15) is 0 Å². The van der Waals surface area contributed by atoms with Crippen LogP contribution in [0, 0.1) is 0 Å². The number of benzene rings is 15. The molecule has 0 N–H and O–H groups in total. The molecule has 5 nitrogen and oxygen atoms in total. The van der Waals surface area contributed by atoms with E-state index in [4.69, 9.17) is 0 Å². The maximum Gasteiger partial charge on any atom is 0.252 e. The van der Waals surface area contributed by atoms with Crippen molar-refractivity contribution in [1.29, 1.82) is 0 Å². The summed E-state index contributed by atoms with van der Waals surface area (Å²) in [4.78, 5) is 3.98. The van der Waals surface area contributed by atoms with Crippen LogP contribution in [0.3, 0.4) is 0 Å². The Morgan fingerprint density at radius 1 is 0.221 bits per heavy atom. The predicted octanol–water partition coefficient (Wildman–Crippen LogP) is 34.7. The molecule has 0 atom stereocenters. The summed E-state index contributed by atoms with van der Waals surface area (Å²) in [5, 5.41) is 0.767. The molecule has 5 heterocycles. The maximum absolute atomic E-state index is 12.1. The standard InChI is InChI=1S/C130H138BN5/c1-121(2,3)81-53-51-79(52-54-81)97-71-87(127(19,20)21)74-103(99-68-82(122(4,5)6)55-60-105(99)130(28,29)30)119(97)135-114-76-90(133-112-63-56-83(123(7,8)9)69-100(112)101-70-84(124(10,11)12)57-64-113(101)133)59-62-106(114)131-107-61-58-89(132-108-47-37-32-42-93(108)94-43-33-38-48-109(94)132)75-115(107)136(117-78-91(77-116(135)118(117)131)134-110-49-39-34-44-95(110)96-45-35-40-50-111(96)134)120-98(80-65-85(125(13,14)15)67-86(66-80)126(16,17)18)72-88(128(22,23)24)73-102(120)92-41-31-36-46-104(92)129(25,26)27/h31-78H,1-30H3/i32D,33D,34D,35D,37D,38D,39D,40D,42D,43D,44D,45D,47D,48D,49D,50D,51D,52D,53D,54D,55D,60D,68D,71D,74D. The molecule has 0 radical (unpaired) electrons. The zero-order valence-electron chi connectivity index (χ0n) is 110. The topological polar surface area (TPSA) is 21.3 Å². The Bertz CT molecular complexity index is 9270. The van der Waals surface area contributed by atoms with E-state index in [-0.39, 0.29) is 152 Å². The molecule has 3 aromatic heterocycles. The van der Waals surface area contributed by atoms with Crippen molar-refractivity contribution >= 4 is 123 Å². The zero-order chi connectivity index (χ0) is 118. The van der Waals surface area contributed by atoms with E-state index < -0.39 is 182 Å². The monoisotopic (exact) mass is 1810 g/mol. The molecule has 6 heteroatoms. The third-order valence-corrected chi connectivity index (χ3v) is 27.7. The molecule has 136 heavy (non-hydrogen) atoms. The van der Waals surface area contributed by atoms with E-state index in [1.807, 2.05) is 116 Å². The number of hydrogen-bond acceptors (Lipinski definition) is 2. The molecule has 2 aliphatic rings. The second kappa shape index (κ2) is 31.5. The molecule has 686 valence electrons. The summed E-state index contributed by atoms with van der Waals surface area (Å²) in [6, 6.07) is 32.8. The van der Waals surface area contributed by atoms with Gasteiger partial charge in [0.15, 0.2) is 0 Å². The van der Waals surface area contributed by atoms with Gasteiger partial charge in [0.05, 0.1) is 84.4 Å². The van der Waals surface area contributed by atoms with Crippen LogP contribution in [0.25, 0.3) is 127 Å². The Labute approximate surface area is 845 Å². The van der Waals surface area contributed by atoms with Gasteiger partial charge in [-0.15, -0.1) is 0 Å². The van der Waals surface area contributed by atoms with Crippen molar-refractivity contribution in [2.75, 3.05) is 9.80 Å². The van der Waals surface area contributed by atoms with Gasteiger partial charge in [-0.3, -0.25) is 0 Å². The van der Waals surface area contributed by atoms with Crippen LogP contribution in [0.15, 0.2) is 291 Å². The first-order chi connectivity index (χ1) is 74.2. The van der Waals surface area contributed by atoms with Crippen molar-refractivity contribution in [3.8, 4) is 61.6 Å². The number of rotatable bonds is 9. The number of para-hydroxylation sites is 4. The van der Waals surface area contributed by atoms with E-state index in [9.17, 15) is 34.3 Å². The van der Waals surface area contributed by atoms with Gasteiger partial charge in [-0.1, -0.05) is 389 Å². The predicted molar refractivity (Wildman–Crippen MR) is 592 cm³/mol. The molecular weight excluding hydrogens is 1640 g/mol. The van der Waals surface area contributed by atoms with E-state index in [2.05, 4.69) is 213 Å². The Hall–Kier alpha value is -12.6. The Morgan fingerprint density at radius 3 is 1.02 bits per heavy atom. The molecule has 0 bridgehead atoms. The molecule has 0 saturated heterocycles. The average Bonchev–Trinajstić information content (AvgIpc) is 1.65. The minimum atomic E-state index is -1.33. The van der Waals surface area contributed by atoms with Crippen LogP contribution in [0.4, 0.5) is 34.1 Å². The van der Waals surface area contributed by atoms with Gasteiger partial charge in [0.1, 0.15) is 0 Å². The van der Waals surface area contributed by atoms with E-state index in [0.717, 1.165) is 60.8 Å². The van der Waals surface area contributed by atoms with Gasteiger partial charge >= 0.3 is 0 Å². The molecule has 0 spiro atoms. The third kappa shape index (κ3) is 15.4. The molecule has 0 fully saturated rings. The highest BCUT2D eigenvalue weighted by Crippen LogP contribution is 2.59. The summed E-state index contributed by atoms with van der Waals surface area (Å²) in [6.07, 6.45) is 0. The first-order valence-electron chi connectivity index (χ1n) is 60.3. The minimum absolute atomic E-state index is 0.00790. The van der Waals surface area contributed by atoms with Crippen molar-refractivity contribution in [1.82, 2.24) is 13.7 Å². The summed E-state index contributed by atoms with van der Waals surface area (Å²) in [7, 11) is 0. The Morgan fingerprint density at radius 2 is 0.588 bits per heavy atom. The fourth-order valence-electron chi connectivity index (χ4n) is 20.0. The van der Waals surface area contributed by atoms with Crippen molar-refractivity contribution < 1.29 is 34.3 Å². The highest BCUT2D eigenvalue weighted by atomic mass is 15.2. The summed E-state index contributed by atoms with van der Waals surface area (Å²) in [5.74, 6) is 0. The first-order valence-corrected chi connectivity index (χ1v) is 47.8. The van der Waals surface area contributed by atoms with E-state index in [1.165, 1.54) is 9.13 Å². The number of hydrogen-bond donors (Lipinski definition) is 0. The Balaban J connectivity index is 1.16. The van der Waals surface area contributed by atoms with Gasteiger partial charge in [-0.25, -0.2) is 0 Å². The first kappa shape index (κ1) is 65.9. The Kier molecular flexibility index (Phi) is 15.3. The lowest BCUT2D eigenvalue weighted by molar-refractivity contribution is 0.569. The fraction of sp³-hybridized carbons (Fsp3) is 0.308. The minimum Gasteiger partial charge on any atom is -0.310 e. The normalized spacial score (nSPS) is 16.3. The summed E-state index contributed by atoms with van der Waals surface area (Å²) in [6.45, 7) is 59.5. The summed E-state index contributed by atoms with van der Waals surface area (Å²) >= 11 is 0. The van der Waals surface area contributed by atoms with Crippen LogP contribution < -0.4 is 26.2 Å². The molecule has 0 aliphatic carbocycles.